The zero-order valence-electron chi connectivity index (χ0n) is 12.8. The van der Waals surface area contributed by atoms with E-state index >= 15 is 0 Å². The summed E-state index contributed by atoms with van der Waals surface area (Å²) in [6.07, 6.45) is 2.62. The topological polar surface area (TPSA) is 66.5 Å². The lowest BCUT2D eigenvalue weighted by molar-refractivity contribution is -0.122. The van der Waals surface area contributed by atoms with Crippen molar-refractivity contribution >= 4 is 27.5 Å². The number of benzene rings is 1. The molecule has 0 saturated heterocycles. The molecule has 122 valence electrons. The van der Waals surface area contributed by atoms with Crippen LogP contribution in [0.15, 0.2) is 24.3 Å². The summed E-state index contributed by atoms with van der Waals surface area (Å²) in [4.78, 5) is 12.0. The first-order chi connectivity index (χ1) is 10.3. The van der Waals surface area contributed by atoms with Crippen LogP contribution in [0.2, 0.25) is 5.02 Å². The van der Waals surface area contributed by atoms with Crippen LogP contribution in [-0.4, -0.2) is 45.0 Å². The van der Waals surface area contributed by atoms with Crippen molar-refractivity contribution in [2.75, 3.05) is 26.4 Å². The fourth-order valence-corrected chi connectivity index (χ4v) is 3.06. The first-order valence-electron chi connectivity index (χ1n) is 7.23. The molecule has 1 aromatic carbocycles. The number of rotatable bonds is 7. The normalized spacial score (nSPS) is 20.9. The van der Waals surface area contributed by atoms with Crippen molar-refractivity contribution in [1.29, 1.82) is 0 Å². The largest absolute Gasteiger partial charge is 0.356 e. The summed E-state index contributed by atoms with van der Waals surface area (Å²) >= 11 is 5.96. The number of hydrogen-bond donors (Lipinski definition) is 1. The van der Waals surface area contributed by atoms with Crippen LogP contribution in [0.1, 0.15) is 24.3 Å². The zero-order chi connectivity index (χ0) is 16.3. The molecule has 2 atom stereocenters. The molecule has 1 aromatic rings. The molecule has 0 spiro atoms. The molecule has 22 heavy (non-hydrogen) atoms. The average molecular weight is 345 g/mol. The van der Waals surface area contributed by atoms with Gasteiger partial charge >= 0.3 is 0 Å². The van der Waals surface area contributed by atoms with E-state index in [9.17, 15) is 13.2 Å². The molecule has 0 bridgehead atoms. The van der Waals surface area contributed by atoms with Crippen LogP contribution >= 0.6 is 11.6 Å². The molecule has 1 aliphatic rings. The van der Waals surface area contributed by atoms with Crippen LogP contribution in [0.5, 0.6) is 0 Å². The monoisotopic (exact) mass is 344 g/mol. The van der Waals surface area contributed by atoms with E-state index in [2.05, 4.69) is 5.32 Å². The van der Waals surface area contributed by atoms with E-state index in [0.29, 0.717) is 24.5 Å². The minimum absolute atomic E-state index is 0.00565. The highest BCUT2D eigenvalue weighted by Crippen LogP contribution is 2.47. The minimum atomic E-state index is -3.15. The highest BCUT2D eigenvalue weighted by atomic mass is 35.5. The lowest BCUT2D eigenvalue weighted by atomic mass is 10.1. The summed E-state index contributed by atoms with van der Waals surface area (Å²) in [5.41, 5.74) is 1.10. The molecule has 0 unspecified atom stereocenters. The highest BCUT2D eigenvalue weighted by molar-refractivity contribution is 7.88. The van der Waals surface area contributed by atoms with E-state index in [-0.39, 0.29) is 17.7 Å². The van der Waals surface area contributed by atoms with Crippen LogP contribution < -0.4 is 5.32 Å². The van der Waals surface area contributed by atoms with Gasteiger partial charge < -0.3 is 5.32 Å². The van der Waals surface area contributed by atoms with Crippen LogP contribution in [-0.2, 0) is 14.8 Å². The van der Waals surface area contributed by atoms with Gasteiger partial charge in [0.1, 0.15) is 0 Å². The molecule has 7 heteroatoms. The van der Waals surface area contributed by atoms with E-state index in [1.807, 2.05) is 24.3 Å². The molecule has 2 rings (SSSR count). The number of hydrogen-bond acceptors (Lipinski definition) is 3. The van der Waals surface area contributed by atoms with Gasteiger partial charge in [0.05, 0.1) is 6.26 Å². The van der Waals surface area contributed by atoms with Crippen LogP contribution in [0.3, 0.4) is 0 Å². The van der Waals surface area contributed by atoms with Gasteiger partial charge in [-0.15, -0.1) is 0 Å². The van der Waals surface area contributed by atoms with Crippen molar-refractivity contribution in [2.24, 2.45) is 5.92 Å². The van der Waals surface area contributed by atoms with Gasteiger partial charge in [-0.1, -0.05) is 23.7 Å². The molecule has 0 aromatic heterocycles. The van der Waals surface area contributed by atoms with Gasteiger partial charge in [-0.2, -0.15) is 0 Å². The maximum atomic E-state index is 12.0. The van der Waals surface area contributed by atoms with E-state index < -0.39 is 10.0 Å². The van der Waals surface area contributed by atoms with Crippen molar-refractivity contribution in [3.8, 4) is 0 Å². The Hall–Kier alpha value is -1.11. The predicted molar refractivity (Wildman–Crippen MR) is 87.4 cm³/mol. The number of sulfonamides is 1. The van der Waals surface area contributed by atoms with Gasteiger partial charge in [-0.25, -0.2) is 12.7 Å². The third-order valence-corrected chi connectivity index (χ3v) is 5.47. The summed E-state index contributed by atoms with van der Waals surface area (Å²) in [5, 5.41) is 3.56. The standard InChI is InChI=1S/C15H21ClN2O3S/c1-18(22(2,20)21)8-4-7-17-15(19)14-10-13(14)11-5-3-6-12(16)9-11/h3,5-6,9,13-14H,4,7-8,10H2,1-2H3,(H,17,19)/t13-,14-/m1/s1. The van der Waals surface area contributed by atoms with E-state index in [4.69, 9.17) is 11.6 Å². The SMILES string of the molecule is CN(CCCNC(=O)[C@@H]1C[C@@H]1c1cccc(Cl)c1)S(C)(=O)=O. The Kier molecular flexibility index (Phi) is 5.47. The van der Waals surface area contributed by atoms with Crippen molar-refractivity contribution in [3.63, 3.8) is 0 Å². The van der Waals surface area contributed by atoms with Crippen LogP contribution in [0.25, 0.3) is 0 Å². The fourth-order valence-electron chi connectivity index (χ4n) is 2.40. The second-order valence-corrected chi connectivity index (χ2v) is 8.26. The number of amides is 1. The molecule has 0 aliphatic heterocycles. The lowest BCUT2D eigenvalue weighted by Gasteiger charge is -2.13. The number of carbonyl (C=O) groups excluding carboxylic acids is 1. The Morgan fingerprint density at radius 2 is 2.18 bits per heavy atom. The Morgan fingerprint density at radius 3 is 2.82 bits per heavy atom. The first-order valence-corrected chi connectivity index (χ1v) is 9.46. The Labute approximate surface area is 136 Å². The number of nitrogens with zero attached hydrogens (tertiary/aromatic N) is 1. The van der Waals surface area contributed by atoms with E-state index in [0.717, 1.165) is 12.0 Å². The van der Waals surface area contributed by atoms with Crippen LogP contribution in [0, 0.1) is 5.92 Å². The van der Waals surface area contributed by atoms with Gasteiger partial charge in [0.2, 0.25) is 15.9 Å². The van der Waals surface area contributed by atoms with Crippen molar-refractivity contribution < 1.29 is 13.2 Å². The van der Waals surface area contributed by atoms with Crippen molar-refractivity contribution in [3.05, 3.63) is 34.9 Å². The molecule has 1 fully saturated rings. The molecular weight excluding hydrogens is 324 g/mol. The smallest absolute Gasteiger partial charge is 0.223 e. The summed E-state index contributed by atoms with van der Waals surface area (Å²) in [6, 6.07) is 7.61. The lowest BCUT2D eigenvalue weighted by Crippen LogP contribution is -2.31. The molecule has 1 N–H and O–H groups in total. The van der Waals surface area contributed by atoms with Gasteiger partial charge in [-0.3, -0.25) is 4.79 Å². The van der Waals surface area contributed by atoms with E-state index in [1.54, 1.807) is 0 Å². The van der Waals surface area contributed by atoms with Gasteiger partial charge in [-0.05, 0) is 36.5 Å². The number of halogens is 1. The Morgan fingerprint density at radius 1 is 1.45 bits per heavy atom. The third kappa shape index (κ3) is 4.69. The number of nitrogens with one attached hydrogen (secondary N) is 1. The summed E-state index contributed by atoms with van der Waals surface area (Å²) in [7, 11) is -1.61. The van der Waals surface area contributed by atoms with Crippen molar-refractivity contribution in [2.45, 2.75) is 18.8 Å². The zero-order valence-corrected chi connectivity index (χ0v) is 14.3. The molecular formula is C15H21ClN2O3S. The Bertz CT molecular complexity index is 648. The second-order valence-electron chi connectivity index (χ2n) is 5.73. The van der Waals surface area contributed by atoms with E-state index in [1.165, 1.54) is 17.6 Å². The maximum Gasteiger partial charge on any atom is 0.223 e. The summed E-state index contributed by atoms with van der Waals surface area (Å²) in [5.74, 6) is 0.287. The molecule has 1 saturated carbocycles. The molecule has 1 aliphatic carbocycles. The third-order valence-electron chi connectivity index (χ3n) is 3.92. The number of carbonyl (C=O) groups is 1. The predicted octanol–water partition coefficient (Wildman–Crippen LogP) is 1.84. The summed E-state index contributed by atoms with van der Waals surface area (Å²) < 4.78 is 23.7. The highest BCUT2D eigenvalue weighted by Gasteiger charge is 2.43. The maximum absolute atomic E-state index is 12.0. The average Bonchev–Trinajstić information content (AvgIpc) is 3.22. The second kappa shape index (κ2) is 6.98. The minimum Gasteiger partial charge on any atom is -0.356 e. The van der Waals surface area contributed by atoms with Gasteiger partial charge in [0.15, 0.2) is 0 Å². The van der Waals surface area contributed by atoms with Gasteiger partial charge in [0.25, 0.3) is 0 Å². The molecule has 1 amide bonds. The molecule has 5 nitrogen and oxygen atoms in total. The quantitative estimate of drug-likeness (QED) is 0.767. The molecule has 0 heterocycles. The van der Waals surface area contributed by atoms with Crippen LogP contribution in [0.4, 0.5) is 0 Å². The summed E-state index contributed by atoms with van der Waals surface area (Å²) in [6.45, 7) is 0.888. The Balaban J connectivity index is 1.72. The fraction of sp³-hybridized carbons (Fsp3) is 0.533. The van der Waals surface area contributed by atoms with Gasteiger partial charge in [0, 0.05) is 31.1 Å². The molecule has 0 radical (unpaired) electrons. The first kappa shape index (κ1) is 17.2. The van der Waals surface area contributed by atoms with Crippen molar-refractivity contribution in [1.82, 2.24) is 9.62 Å².